The van der Waals surface area contributed by atoms with Crippen LogP contribution in [0.15, 0.2) is 95.0 Å². The molecule has 11 heteroatoms. The Morgan fingerprint density at radius 3 is 2.62 bits per heavy atom. The number of oxime groups is 1. The Hall–Kier alpha value is -3.87. The molecule has 1 amide bonds. The number of unbranched alkanes of at least 4 members (excludes halogenated alkanes) is 2. The number of carbonyl (C=O) groups excluding carboxylic acids is 1. The van der Waals surface area contributed by atoms with Crippen molar-refractivity contribution >= 4 is 34.3 Å². The van der Waals surface area contributed by atoms with Gasteiger partial charge in [-0.25, -0.2) is 4.79 Å². The first-order valence-corrected chi connectivity index (χ1v) is 21.3. The van der Waals surface area contributed by atoms with Crippen LogP contribution >= 0.6 is 11.8 Å². The molecule has 56 heavy (non-hydrogen) atoms. The predicted molar refractivity (Wildman–Crippen MR) is 219 cm³/mol. The van der Waals surface area contributed by atoms with Crippen molar-refractivity contribution < 1.29 is 38.8 Å². The number of fused-ring (bicyclic) bond motifs is 3. The van der Waals surface area contributed by atoms with E-state index in [4.69, 9.17) is 28.9 Å². The van der Waals surface area contributed by atoms with E-state index in [0.717, 1.165) is 72.1 Å². The fourth-order valence-corrected chi connectivity index (χ4v) is 10.4. The average molecular weight is 785 g/mol. The monoisotopic (exact) mass is 784 g/mol. The van der Waals surface area contributed by atoms with Gasteiger partial charge in [-0.2, -0.15) is 0 Å². The molecule has 3 aromatic carbocycles. The van der Waals surface area contributed by atoms with Crippen molar-refractivity contribution in [1.29, 1.82) is 0 Å². The summed E-state index contributed by atoms with van der Waals surface area (Å²) in [6.07, 6.45) is 11.4. The van der Waals surface area contributed by atoms with E-state index >= 15 is 0 Å². The molecule has 1 saturated carbocycles. The molecule has 2 aliphatic carbocycles. The second-order valence-corrected chi connectivity index (χ2v) is 16.5. The molecule has 2 aliphatic heterocycles. The molecule has 3 aromatic rings. The average Bonchev–Trinajstić information content (AvgIpc) is 3.21. The number of thioether (sulfide) groups is 1. The molecule has 10 nitrogen and oxygen atoms in total. The molecule has 1 saturated heterocycles. The molecule has 0 spiro atoms. The highest BCUT2D eigenvalue weighted by Crippen LogP contribution is 2.63. The van der Waals surface area contributed by atoms with Crippen molar-refractivity contribution in [2.24, 2.45) is 22.9 Å². The zero-order chi connectivity index (χ0) is 38.9. The van der Waals surface area contributed by atoms with Crippen LogP contribution in [0, 0.1) is 17.8 Å². The van der Waals surface area contributed by atoms with Crippen LogP contribution in [-0.2, 0) is 14.3 Å². The van der Waals surface area contributed by atoms with Crippen LogP contribution in [0.4, 0.5) is 4.79 Å². The lowest BCUT2D eigenvalue weighted by Crippen LogP contribution is -2.64. The molecule has 2 heterocycles. The van der Waals surface area contributed by atoms with Gasteiger partial charge in [0.1, 0.15) is 11.5 Å². The van der Waals surface area contributed by atoms with Gasteiger partial charge in [-0.1, -0.05) is 60.5 Å². The fourth-order valence-electron chi connectivity index (χ4n) is 9.10. The van der Waals surface area contributed by atoms with Gasteiger partial charge in [-0.15, -0.1) is 18.3 Å². The predicted octanol–water partition coefficient (Wildman–Crippen LogP) is 8.90. The largest absolute Gasteiger partial charge is 0.460 e. The third-order valence-electron chi connectivity index (χ3n) is 11.6. The first-order valence-electron chi connectivity index (χ1n) is 20.4. The Morgan fingerprint density at radius 2 is 1.86 bits per heavy atom. The van der Waals surface area contributed by atoms with E-state index in [9.17, 15) is 15.0 Å². The maximum atomic E-state index is 12.7. The fraction of sp³-hybridized carbons (Fsp3) is 0.511. The first kappa shape index (κ1) is 40.3. The number of aliphatic hydroxyl groups is 2. The first-order chi connectivity index (χ1) is 27.5. The molecular weight excluding hydrogens is 729 g/mol. The van der Waals surface area contributed by atoms with Crippen molar-refractivity contribution in [2.45, 2.75) is 99.3 Å². The minimum absolute atomic E-state index is 0.121. The SMILES string of the molecule is C=CCO[C@@]12Oc3ccc(OC(=O)NCC)cc3[C@H]3[C@H](CCCCO)[C@@H](CCCCO)C=C(C(=NOC4CCCCO4)C[C@@H]1Sc1ccc4ccccc4c1)[C@H]32. The molecule has 0 radical (unpaired) electrons. The second kappa shape index (κ2) is 19.0. The summed E-state index contributed by atoms with van der Waals surface area (Å²) >= 11 is 1.73. The molecule has 7 atom stereocenters. The van der Waals surface area contributed by atoms with Crippen LogP contribution in [0.1, 0.15) is 82.6 Å². The minimum atomic E-state index is -1.14. The number of carbonyl (C=O) groups is 1. The van der Waals surface area contributed by atoms with Crippen molar-refractivity contribution in [3.8, 4) is 11.5 Å². The van der Waals surface area contributed by atoms with Crippen LogP contribution in [0.25, 0.3) is 10.8 Å². The molecule has 7 rings (SSSR count). The zero-order valence-corrected chi connectivity index (χ0v) is 33.2. The Balaban J connectivity index is 1.41. The summed E-state index contributed by atoms with van der Waals surface area (Å²) < 4.78 is 26.2. The number of nitrogens with one attached hydrogen (secondary N) is 1. The Labute approximate surface area is 334 Å². The smallest absolute Gasteiger partial charge is 0.412 e. The van der Waals surface area contributed by atoms with Gasteiger partial charge in [0.25, 0.3) is 0 Å². The Morgan fingerprint density at radius 1 is 1.04 bits per heavy atom. The van der Waals surface area contributed by atoms with Gasteiger partial charge < -0.3 is 39.3 Å². The van der Waals surface area contributed by atoms with E-state index in [0.29, 0.717) is 43.9 Å². The number of aliphatic hydroxyl groups excluding tert-OH is 2. The van der Waals surface area contributed by atoms with Gasteiger partial charge in [-0.3, -0.25) is 0 Å². The summed E-state index contributed by atoms with van der Waals surface area (Å²) in [6, 6.07) is 20.6. The summed E-state index contributed by atoms with van der Waals surface area (Å²) in [5.74, 6) is -0.201. The molecule has 0 bridgehead atoms. The molecule has 4 aliphatic rings. The summed E-state index contributed by atoms with van der Waals surface area (Å²) in [5, 5.41) is 29.5. The van der Waals surface area contributed by atoms with Crippen LogP contribution in [-0.4, -0.2) is 72.3 Å². The van der Waals surface area contributed by atoms with Gasteiger partial charge in [0, 0.05) is 49.0 Å². The van der Waals surface area contributed by atoms with Crippen LogP contribution in [0.3, 0.4) is 0 Å². The molecule has 0 aromatic heterocycles. The maximum Gasteiger partial charge on any atom is 0.412 e. The van der Waals surface area contributed by atoms with Crippen molar-refractivity contribution in [1.82, 2.24) is 5.32 Å². The number of allylic oxidation sites excluding steroid dienone is 1. The number of rotatable bonds is 17. The molecule has 3 N–H and O–H groups in total. The number of benzene rings is 3. The van der Waals surface area contributed by atoms with Gasteiger partial charge in [0.15, 0.2) is 0 Å². The summed E-state index contributed by atoms with van der Waals surface area (Å²) in [6.45, 7) is 7.53. The van der Waals surface area contributed by atoms with Gasteiger partial charge in [0.2, 0.25) is 12.1 Å². The molecule has 300 valence electrons. The van der Waals surface area contributed by atoms with E-state index in [1.807, 2.05) is 19.1 Å². The quantitative estimate of drug-likeness (QED) is 0.0699. The van der Waals surface area contributed by atoms with Crippen molar-refractivity contribution in [2.75, 3.05) is 33.0 Å². The number of hydrogen-bond donors (Lipinski definition) is 3. The molecular formula is C45H56N2O8S. The van der Waals surface area contributed by atoms with Gasteiger partial charge in [-0.05, 0) is 104 Å². The molecule has 2 fully saturated rings. The van der Waals surface area contributed by atoms with E-state index in [2.05, 4.69) is 60.4 Å². The lowest BCUT2D eigenvalue weighted by Gasteiger charge is -2.58. The summed E-state index contributed by atoms with van der Waals surface area (Å²) in [4.78, 5) is 20.0. The van der Waals surface area contributed by atoms with Gasteiger partial charge in [0.05, 0.1) is 30.1 Å². The number of nitrogens with zero attached hydrogens (tertiary/aromatic N) is 1. The minimum Gasteiger partial charge on any atom is -0.460 e. The topological polar surface area (TPSA) is 128 Å². The Kier molecular flexibility index (Phi) is 13.7. The van der Waals surface area contributed by atoms with Crippen molar-refractivity contribution in [3.05, 3.63) is 90.5 Å². The Bertz CT molecular complexity index is 1880. The summed E-state index contributed by atoms with van der Waals surface area (Å²) in [7, 11) is 0. The third-order valence-corrected chi connectivity index (χ3v) is 12.9. The third kappa shape index (κ3) is 8.82. The normalized spacial score (nSPS) is 27.4. The lowest BCUT2D eigenvalue weighted by molar-refractivity contribution is -0.223. The van der Waals surface area contributed by atoms with Gasteiger partial charge >= 0.3 is 6.09 Å². The maximum absolute atomic E-state index is 12.7. The number of ether oxygens (including phenoxy) is 4. The highest BCUT2D eigenvalue weighted by Gasteiger charge is 2.64. The highest BCUT2D eigenvalue weighted by molar-refractivity contribution is 8.00. The number of hydrogen-bond acceptors (Lipinski definition) is 10. The standard InChI is InChI=1S/C45H56N2O8S/c1-3-24-52-45-40(56-34-20-18-30-13-5-6-14-31(30)26-34)29-38(47-55-41-17-9-12-25-51-41)36-27-32(15-7-10-22-48)35(16-8-11-23-49)42(43(36)45)37-28-33(19-21-39(37)54-45)53-44(50)46-4-2/h3,5-6,13-14,18-21,26-28,32,35,40-43,48-49H,1,4,7-12,15-17,22-25,29H2,2H3,(H,46,50)/t32-,35+,40-,41?,42+,43+,45+/m0/s1. The van der Waals surface area contributed by atoms with E-state index in [-0.39, 0.29) is 48.7 Å². The number of amides is 1. The van der Waals surface area contributed by atoms with E-state index < -0.39 is 18.2 Å². The lowest BCUT2D eigenvalue weighted by atomic mass is 9.56. The van der Waals surface area contributed by atoms with Crippen LogP contribution in [0.5, 0.6) is 11.5 Å². The van der Waals surface area contributed by atoms with E-state index in [1.54, 1.807) is 23.9 Å². The van der Waals surface area contributed by atoms with Crippen LogP contribution < -0.4 is 14.8 Å². The zero-order valence-electron chi connectivity index (χ0n) is 32.4. The summed E-state index contributed by atoms with van der Waals surface area (Å²) in [5.41, 5.74) is 2.85. The highest BCUT2D eigenvalue weighted by atomic mass is 32.2. The molecule has 1 unspecified atom stereocenters. The van der Waals surface area contributed by atoms with E-state index in [1.165, 1.54) is 5.39 Å². The second-order valence-electron chi connectivity index (χ2n) is 15.2. The van der Waals surface area contributed by atoms with Crippen molar-refractivity contribution in [3.63, 3.8) is 0 Å². The van der Waals surface area contributed by atoms with Crippen LogP contribution in [0.2, 0.25) is 0 Å².